The molecule has 2 N–H and O–H groups in total. The number of thiazole rings is 1. The van der Waals surface area contributed by atoms with Crippen molar-refractivity contribution in [2.45, 2.75) is 32.9 Å². The molecule has 0 aliphatic heterocycles. The molecule has 2 aromatic heterocycles. The van der Waals surface area contributed by atoms with Crippen molar-refractivity contribution in [3.05, 3.63) is 35.1 Å². The van der Waals surface area contributed by atoms with Gasteiger partial charge in [-0.05, 0) is 32.9 Å². The summed E-state index contributed by atoms with van der Waals surface area (Å²) in [6.45, 7) is 6.22. The topological polar surface area (TPSA) is 58.0 Å². The van der Waals surface area contributed by atoms with Gasteiger partial charge < -0.3 is 10.4 Å². The normalized spacial score (nSPS) is 14.3. The Hall–Kier alpha value is -1.30. The predicted octanol–water partition coefficient (Wildman–Crippen LogP) is 2.54. The summed E-state index contributed by atoms with van der Waals surface area (Å²) < 4.78 is 0. The number of nitrogens with zero attached hydrogens (tertiary/aromatic N) is 2. The van der Waals surface area contributed by atoms with Crippen LogP contribution in [0.3, 0.4) is 0 Å². The third kappa shape index (κ3) is 3.37. The van der Waals surface area contributed by atoms with E-state index in [1.165, 1.54) is 4.88 Å². The Labute approximate surface area is 117 Å². The predicted molar refractivity (Wildman–Crippen MR) is 78.2 cm³/mol. The summed E-state index contributed by atoms with van der Waals surface area (Å²) in [7, 11) is 0. The van der Waals surface area contributed by atoms with Crippen LogP contribution in [0.1, 0.15) is 30.5 Å². The largest absolute Gasteiger partial charge is 0.395 e. The standard InChI is InChI=1S/C14H19N3OS/c1-9(8-18)16-10(2)13-11(3)17-14(19-13)12-5-4-6-15-7-12/h4-7,9-10,16,18H,8H2,1-3H3. The zero-order valence-electron chi connectivity index (χ0n) is 11.4. The number of aliphatic hydroxyl groups excluding tert-OH is 1. The molecule has 0 fully saturated rings. The van der Waals surface area contributed by atoms with E-state index < -0.39 is 0 Å². The first-order chi connectivity index (χ1) is 9.11. The minimum absolute atomic E-state index is 0.0818. The fourth-order valence-corrected chi connectivity index (χ4v) is 3.05. The third-order valence-corrected chi connectivity index (χ3v) is 4.33. The molecule has 2 atom stereocenters. The molecule has 0 saturated heterocycles. The van der Waals surface area contributed by atoms with E-state index in [0.29, 0.717) is 0 Å². The van der Waals surface area contributed by atoms with Crippen LogP contribution in [0.25, 0.3) is 10.6 Å². The average molecular weight is 277 g/mol. The Morgan fingerprint density at radius 3 is 2.84 bits per heavy atom. The molecule has 2 unspecified atom stereocenters. The first kappa shape index (κ1) is 14.1. The van der Waals surface area contributed by atoms with E-state index in [9.17, 15) is 0 Å². The summed E-state index contributed by atoms with van der Waals surface area (Å²) in [5, 5.41) is 13.4. The maximum Gasteiger partial charge on any atom is 0.125 e. The number of nitrogens with one attached hydrogen (secondary N) is 1. The van der Waals surface area contributed by atoms with Crippen molar-refractivity contribution in [2.24, 2.45) is 0 Å². The van der Waals surface area contributed by atoms with Crippen LogP contribution in [0.4, 0.5) is 0 Å². The van der Waals surface area contributed by atoms with E-state index in [4.69, 9.17) is 5.11 Å². The van der Waals surface area contributed by atoms with Gasteiger partial charge in [-0.3, -0.25) is 4.98 Å². The molecule has 2 aromatic rings. The van der Waals surface area contributed by atoms with Crippen molar-refractivity contribution in [3.63, 3.8) is 0 Å². The van der Waals surface area contributed by atoms with E-state index in [0.717, 1.165) is 16.3 Å². The van der Waals surface area contributed by atoms with Gasteiger partial charge in [0.15, 0.2) is 0 Å². The lowest BCUT2D eigenvalue weighted by atomic mass is 10.2. The number of rotatable bonds is 5. The molecule has 0 radical (unpaired) electrons. The Bertz CT molecular complexity index is 527. The monoisotopic (exact) mass is 277 g/mol. The quantitative estimate of drug-likeness (QED) is 0.882. The van der Waals surface area contributed by atoms with Crippen LogP contribution in [0.2, 0.25) is 0 Å². The molecule has 102 valence electrons. The van der Waals surface area contributed by atoms with Crippen LogP contribution in [0.15, 0.2) is 24.5 Å². The summed E-state index contributed by atoms with van der Waals surface area (Å²) in [6, 6.07) is 4.20. The summed E-state index contributed by atoms with van der Waals surface area (Å²) in [6.07, 6.45) is 3.59. The molecule has 4 nitrogen and oxygen atoms in total. The van der Waals surface area contributed by atoms with Crippen molar-refractivity contribution < 1.29 is 5.11 Å². The zero-order valence-corrected chi connectivity index (χ0v) is 12.2. The highest BCUT2D eigenvalue weighted by Gasteiger charge is 2.16. The van der Waals surface area contributed by atoms with Gasteiger partial charge >= 0.3 is 0 Å². The highest BCUT2D eigenvalue weighted by atomic mass is 32.1. The van der Waals surface area contributed by atoms with Crippen LogP contribution < -0.4 is 5.32 Å². The summed E-state index contributed by atoms with van der Waals surface area (Å²) in [4.78, 5) is 9.94. The number of hydrogen-bond acceptors (Lipinski definition) is 5. The molecule has 0 aliphatic rings. The van der Waals surface area contributed by atoms with Gasteiger partial charge in [0.05, 0.1) is 12.3 Å². The van der Waals surface area contributed by atoms with Crippen LogP contribution >= 0.6 is 11.3 Å². The molecule has 2 heterocycles. The summed E-state index contributed by atoms with van der Waals surface area (Å²) in [5.41, 5.74) is 2.08. The highest BCUT2D eigenvalue weighted by molar-refractivity contribution is 7.15. The second-order valence-electron chi connectivity index (χ2n) is 4.68. The molecule has 0 aliphatic carbocycles. The van der Waals surface area contributed by atoms with Gasteiger partial charge in [-0.2, -0.15) is 0 Å². The third-order valence-electron chi connectivity index (χ3n) is 2.94. The summed E-state index contributed by atoms with van der Waals surface area (Å²) in [5.74, 6) is 0. The Kier molecular flexibility index (Phi) is 4.63. The molecule has 2 rings (SSSR count). The molecule has 5 heteroatoms. The smallest absolute Gasteiger partial charge is 0.125 e. The van der Waals surface area contributed by atoms with Crippen molar-refractivity contribution in [1.29, 1.82) is 0 Å². The van der Waals surface area contributed by atoms with Crippen LogP contribution in [-0.2, 0) is 0 Å². The molecule has 0 aromatic carbocycles. The highest BCUT2D eigenvalue weighted by Crippen LogP contribution is 2.31. The van der Waals surface area contributed by atoms with Gasteiger partial charge in [0.1, 0.15) is 5.01 Å². The van der Waals surface area contributed by atoms with Gasteiger partial charge in [0, 0.05) is 34.9 Å². The van der Waals surface area contributed by atoms with Gasteiger partial charge in [-0.25, -0.2) is 4.98 Å². The van der Waals surface area contributed by atoms with Crippen molar-refractivity contribution in [1.82, 2.24) is 15.3 Å². The van der Waals surface area contributed by atoms with Gasteiger partial charge in [0.25, 0.3) is 0 Å². The van der Waals surface area contributed by atoms with Crippen LogP contribution in [-0.4, -0.2) is 27.7 Å². The van der Waals surface area contributed by atoms with Gasteiger partial charge in [-0.1, -0.05) is 0 Å². The lowest BCUT2D eigenvalue weighted by Crippen LogP contribution is -2.31. The molecule has 0 spiro atoms. The molecule has 0 saturated carbocycles. The fourth-order valence-electron chi connectivity index (χ4n) is 1.98. The van der Waals surface area contributed by atoms with Gasteiger partial charge in [-0.15, -0.1) is 11.3 Å². The Morgan fingerprint density at radius 1 is 1.42 bits per heavy atom. The minimum atomic E-state index is 0.0818. The maximum atomic E-state index is 9.10. The molecule has 0 amide bonds. The summed E-state index contributed by atoms with van der Waals surface area (Å²) >= 11 is 1.68. The number of aromatic nitrogens is 2. The van der Waals surface area contributed by atoms with E-state index in [1.807, 2.05) is 32.2 Å². The van der Waals surface area contributed by atoms with Crippen molar-refractivity contribution in [2.75, 3.05) is 6.61 Å². The minimum Gasteiger partial charge on any atom is -0.395 e. The SMILES string of the molecule is Cc1nc(-c2cccnc2)sc1C(C)NC(C)CO. The molecule has 0 bridgehead atoms. The average Bonchev–Trinajstić information content (AvgIpc) is 2.81. The number of aryl methyl sites for hydroxylation is 1. The second kappa shape index (κ2) is 6.23. The van der Waals surface area contributed by atoms with Crippen LogP contribution in [0.5, 0.6) is 0 Å². The zero-order chi connectivity index (χ0) is 13.8. The second-order valence-corrected chi connectivity index (χ2v) is 5.71. The van der Waals surface area contributed by atoms with Crippen molar-refractivity contribution >= 4 is 11.3 Å². The Morgan fingerprint density at radius 2 is 2.21 bits per heavy atom. The van der Waals surface area contributed by atoms with E-state index >= 15 is 0 Å². The van der Waals surface area contributed by atoms with Crippen LogP contribution in [0, 0.1) is 6.92 Å². The lowest BCUT2D eigenvalue weighted by Gasteiger charge is -2.17. The van der Waals surface area contributed by atoms with E-state index in [2.05, 4.69) is 22.2 Å². The maximum absolute atomic E-state index is 9.10. The van der Waals surface area contributed by atoms with Crippen molar-refractivity contribution in [3.8, 4) is 10.6 Å². The fraction of sp³-hybridized carbons (Fsp3) is 0.429. The van der Waals surface area contributed by atoms with E-state index in [1.54, 1.807) is 17.5 Å². The molecular weight excluding hydrogens is 258 g/mol. The van der Waals surface area contributed by atoms with E-state index in [-0.39, 0.29) is 18.7 Å². The number of aliphatic hydroxyl groups is 1. The first-order valence-electron chi connectivity index (χ1n) is 6.36. The first-order valence-corrected chi connectivity index (χ1v) is 7.18. The molecule has 19 heavy (non-hydrogen) atoms. The number of pyridine rings is 1. The number of hydrogen-bond donors (Lipinski definition) is 2. The molecular formula is C14H19N3OS. The lowest BCUT2D eigenvalue weighted by molar-refractivity contribution is 0.243. The van der Waals surface area contributed by atoms with Gasteiger partial charge in [0.2, 0.25) is 0 Å². The Balaban J connectivity index is 2.22.